The minimum atomic E-state index is -0.385. The first-order valence-electron chi connectivity index (χ1n) is 9.03. The Kier molecular flexibility index (Phi) is 4.21. The number of amides is 1. The van der Waals surface area contributed by atoms with Crippen molar-refractivity contribution in [2.24, 2.45) is 0 Å². The van der Waals surface area contributed by atoms with E-state index in [0.29, 0.717) is 23.1 Å². The maximum atomic E-state index is 12.8. The van der Waals surface area contributed by atoms with E-state index in [-0.39, 0.29) is 23.9 Å². The van der Waals surface area contributed by atoms with Crippen LogP contribution in [0.5, 0.6) is 0 Å². The van der Waals surface area contributed by atoms with Gasteiger partial charge >= 0.3 is 0 Å². The third-order valence-corrected chi connectivity index (χ3v) is 4.49. The lowest BCUT2D eigenvalue weighted by Gasteiger charge is -2.11. The number of aryl methyl sites for hydroxylation is 1. The summed E-state index contributed by atoms with van der Waals surface area (Å²) < 4.78 is 2.82. The van der Waals surface area contributed by atoms with E-state index < -0.39 is 0 Å². The van der Waals surface area contributed by atoms with Gasteiger partial charge in [0.15, 0.2) is 11.6 Å². The zero-order chi connectivity index (χ0) is 19.1. The molecule has 27 heavy (non-hydrogen) atoms. The molecule has 1 aliphatic carbocycles. The quantitative estimate of drug-likeness (QED) is 0.734. The molecular weight excluding hydrogens is 346 g/mol. The first-order valence-corrected chi connectivity index (χ1v) is 9.03. The number of fused-ring (bicyclic) bond motifs is 1. The van der Waals surface area contributed by atoms with Gasteiger partial charge in [0.2, 0.25) is 5.91 Å². The van der Waals surface area contributed by atoms with Crippen molar-refractivity contribution in [3.63, 3.8) is 0 Å². The highest BCUT2D eigenvalue weighted by Crippen LogP contribution is 2.39. The Morgan fingerprint density at radius 3 is 2.67 bits per heavy atom. The van der Waals surface area contributed by atoms with Gasteiger partial charge in [0.1, 0.15) is 12.1 Å². The van der Waals surface area contributed by atoms with Gasteiger partial charge in [0, 0.05) is 11.8 Å². The topological polar surface area (TPSA) is 107 Å². The second-order valence-corrected chi connectivity index (χ2v) is 7.22. The molecule has 3 heterocycles. The zero-order valence-corrected chi connectivity index (χ0v) is 15.5. The zero-order valence-electron chi connectivity index (χ0n) is 15.5. The molecule has 4 rings (SSSR count). The average Bonchev–Trinajstić information content (AvgIpc) is 3.38. The summed E-state index contributed by atoms with van der Waals surface area (Å²) in [6.45, 7) is 5.58. The Balaban J connectivity index is 1.66. The van der Waals surface area contributed by atoms with Crippen LogP contribution in [0.15, 0.2) is 23.0 Å². The van der Waals surface area contributed by atoms with E-state index >= 15 is 0 Å². The highest BCUT2D eigenvalue weighted by molar-refractivity contribution is 5.89. The molecule has 1 N–H and O–H groups in total. The smallest absolute Gasteiger partial charge is 0.293 e. The van der Waals surface area contributed by atoms with Crippen molar-refractivity contribution in [2.75, 3.05) is 5.32 Å². The minimum Gasteiger partial charge on any atom is -0.308 e. The molecule has 9 nitrogen and oxygen atoms in total. The summed E-state index contributed by atoms with van der Waals surface area (Å²) in [5.74, 6) is 1.09. The van der Waals surface area contributed by atoms with Crippen LogP contribution in [0.25, 0.3) is 5.52 Å². The number of hydrogen-bond donors (Lipinski definition) is 1. The third-order valence-electron chi connectivity index (χ3n) is 4.49. The van der Waals surface area contributed by atoms with E-state index in [0.717, 1.165) is 24.2 Å². The molecule has 140 valence electrons. The van der Waals surface area contributed by atoms with E-state index in [9.17, 15) is 9.59 Å². The predicted octanol–water partition coefficient (Wildman–Crippen LogP) is 1.63. The Bertz CT molecular complexity index is 1060. The highest BCUT2D eigenvalue weighted by Gasteiger charge is 2.28. The van der Waals surface area contributed by atoms with Crippen LogP contribution in [0.1, 0.15) is 55.7 Å². The van der Waals surface area contributed by atoms with Crippen LogP contribution >= 0.6 is 0 Å². The standard InChI is InChI=1S/C18H21N7O2/c1-10(2)17-23-24(9-16(26)19-15-7-4-11(3)20-21-15)18(27)14-8-13(12-5-6-12)22-25(14)17/h4,7-8,10,12H,5-6,9H2,1-3H3,(H,19,21,26). The molecule has 1 saturated carbocycles. The number of carbonyl (C=O) groups excluding carboxylic acids is 1. The molecule has 0 atom stereocenters. The summed E-state index contributed by atoms with van der Waals surface area (Å²) in [6, 6.07) is 5.24. The summed E-state index contributed by atoms with van der Waals surface area (Å²) in [5, 5.41) is 19.4. The molecule has 1 aliphatic rings. The van der Waals surface area contributed by atoms with Gasteiger partial charge in [0.05, 0.1) is 11.4 Å². The van der Waals surface area contributed by atoms with Crippen molar-refractivity contribution in [1.82, 2.24) is 29.6 Å². The molecule has 3 aromatic heterocycles. The van der Waals surface area contributed by atoms with Gasteiger partial charge in [-0.2, -0.15) is 15.3 Å². The fraction of sp³-hybridized carbons (Fsp3) is 0.444. The molecule has 0 saturated heterocycles. The van der Waals surface area contributed by atoms with E-state index in [1.807, 2.05) is 26.8 Å². The van der Waals surface area contributed by atoms with Crippen LogP contribution < -0.4 is 10.9 Å². The molecule has 0 bridgehead atoms. The fourth-order valence-corrected chi connectivity index (χ4v) is 2.90. The fourth-order valence-electron chi connectivity index (χ4n) is 2.90. The first-order chi connectivity index (χ1) is 12.9. The van der Waals surface area contributed by atoms with Gasteiger partial charge in [-0.1, -0.05) is 13.8 Å². The second kappa shape index (κ2) is 6.57. The summed E-state index contributed by atoms with van der Waals surface area (Å²) in [7, 11) is 0. The first kappa shape index (κ1) is 17.3. The molecule has 0 aliphatic heterocycles. The number of nitrogens with one attached hydrogen (secondary N) is 1. The van der Waals surface area contributed by atoms with E-state index in [1.54, 1.807) is 16.6 Å². The average molecular weight is 367 g/mol. The predicted molar refractivity (Wildman–Crippen MR) is 98.7 cm³/mol. The van der Waals surface area contributed by atoms with E-state index in [2.05, 4.69) is 25.7 Å². The number of rotatable bonds is 5. The van der Waals surface area contributed by atoms with Crippen LogP contribution in [0.2, 0.25) is 0 Å². The van der Waals surface area contributed by atoms with Gasteiger partial charge in [-0.3, -0.25) is 9.59 Å². The summed E-state index contributed by atoms with van der Waals surface area (Å²) in [6.07, 6.45) is 2.20. The highest BCUT2D eigenvalue weighted by atomic mass is 16.2. The number of aromatic nitrogens is 6. The van der Waals surface area contributed by atoms with Gasteiger partial charge < -0.3 is 5.32 Å². The van der Waals surface area contributed by atoms with Crippen LogP contribution in [0.4, 0.5) is 5.82 Å². The van der Waals surface area contributed by atoms with Crippen molar-refractivity contribution < 1.29 is 4.79 Å². The Morgan fingerprint density at radius 2 is 2.04 bits per heavy atom. The normalized spacial score (nSPS) is 14.1. The Hall–Kier alpha value is -3.10. The van der Waals surface area contributed by atoms with Crippen LogP contribution in [0, 0.1) is 6.92 Å². The second-order valence-electron chi connectivity index (χ2n) is 7.22. The molecule has 0 spiro atoms. The van der Waals surface area contributed by atoms with Crippen molar-refractivity contribution in [3.05, 3.63) is 45.8 Å². The van der Waals surface area contributed by atoms with Crippen LogP contribution in [0.3, 0.4) is 0 Å². The van der Waals surface area contributed by atoms with Gasteiger partial charge in [-0.05, 0) is 38.0 Å². The Labute approximate surface area is 155 Å². The van der Waals surface area contributed by atoms with Gasteiger partial charge in [0.25, 0.3) is 5.56 Å². The molecule has 1 amide bonds. The number of hydrogen-bond acceptors (Lipinski definition) is 6. The van der Waals surface area contributed by atoms with Crippen molar-refractivity contribution in [2.45, 2.75) is 52.0 Å². The lowest BCUT2D eigenvalue weighted by atomic mass is 10.2. The van der Waals surface area contributed by atoms with Crippen molar-refractivity contribution >= 4 is 17.2 Å². The summed E-state index contributed by atoms with van der Waals surface area (Å²) in [5.41, 5.74) is 1.81. The maximum Gasteiger partial charge on any atom is 0.293 e. The van der Waals surface area contributed by atoms with E-state index in [4.69, 9.17) is 0 Å². The molecule has 1 fully saturated rings. The molecular formula is C18H21N7O2. The maximum absolute atomic E-state index is 12.8. The molecule has 0 unspecified atom stereocenters. The minimum absolute atomic E-state index is 0.0531. The molecule has 0 radical (unpaired) electrons. The molecule has 0 aromatic carbocycles. The monoisotopic (exact) mass is 367 g/mol. The largest absolute Gasteiger partial charge is 0.308 e. The van der Waals surface area contributed by atoms with Crippen molar-refractivity contribution in [1.29, 1.82) is 0 Å². The number of anilines is 1. The van der Waals surface area contributed by atoms with Gasteiger partial charge in [-0.25, -0.2) is 9.20 Å². The summed E-state index contributed by atoms with van der Waals surface area (Å²) in [4.78, 5) is 25.2. The molecule has 3 aromatic rings. The van der Waals surface area contributed by atoms with Gasteiger partial charge in [-0.15, -0.1) is 5.10 Å². The SMILES string of the molecule is Cc1ccc(NC(=O)Cn2nc(C(C)C)n3nc(C4CC4)cc3c2=O)nn1. The lowest BCUT2D eigenvalue weighted by molar-refractivity contribution is -0.117. The van der Waals surface area contributed by atoms with Crippen molar-refractivity contribution in [3.8, 4) is 0 Å². The van der Waals surface area contributed by atoms with E-state index in [1.165, 1.54) is 4.68 Å². The number of carbonyl (C=O) groups is 1. The van der Waals surface area contributed by atoms with Crippen LogP contribution in [-0.2, 0) is 11.3 Å². The third kappa shape index (κ3) is 3.44. The lowest BCUT2D eigenvalue weighted by Crippen LogP contribution is -2.32. The number of nitrogens with zero attached hydrogens (tertiary/aromatic N) is 6. The van der Waals surface area contributed by atoms with Crippen LogP contribution in [-0.4, -0.2) is 35.5 Å². The Morgan fingerprint density at radius 1 is 1.26 bits per heavy atom. The summed E-state index contributed by atoms with van der Waals surface area (Å²) >= 11 is 0. The molecule has 9 heteroatoms.